The number of rotatable bonds is 4. The Hall–Kier alpha value is -3.70. The lowest BCUT2D eigenvalue weighted by atomic mass is 9.83. The first-order chi connectivity index (χ1) is 16.0. The number of ketones is 1. The molecule has 2 heterocycles. The number of aromatic amines is 1. The third-order valence-corrected chi connectivity index (χ3v) is 6.72. The molecule has 1 aromatic heterocycles. The number of carbonyl (C=O) groups excluding carboxylic acids is 2. The van der Waals surface area contributed by atoms with Gasteiger partial charge in [-0.05, 0) is 42.5 Å². The number of hydrogen-bond acceptors (Lipinski definition) is 3. The first kappa shape index (κ1) is 21.2. The van der Waals surface area contributed by atoms with E-state index in [0.717, 1.165) is 27.6 Å². The Bertz CT molecular complexity index is 1310. The number of aliphatic hydroxyl groups is 1. The molecule has 1 amide bonds. The molecule has 4 aromatic rings. The van der Waals surface area contributed by atoms with Crippen molar-refractivity contribution in [2.24, 2.45) is 0 Å². The third-order valence-electron chi connectivity index (χ3n) is 6.72. The molecule has 0 spiro atoms. The van der Waals surface area contributed by atoms with Crippen molar-refractivity contribution >= 4 is 22.6 Å². The van der Waals surface area contributed by atoms with E-state index in [1.54, 1.807) is 4.90 Å². The highest BCUT2D eigenvalue weighted by atomic mass is 16.3. The monoisotopic (exact) mass is 438 g/mol. The van der Waals surface area contributed by atoms with Gasteiger partial charge in [0.2, 0.25) is 0 Å². The molecule has 0 saturated carbocycles. The second-order valence-corrected chi connectivity index (χ2v) is 8.77. The molecule has 33 heavy (non-hydrogen) atoms. The summed E-state index contributed by atoms with van der Waals surface area (Å²) in [5.41, 5.74) is 4.03. The predicted octanol–water partition coefficient (Wildman–Crippen LogP) is 4.84. The fraction of sp³-hybridized carbons (Fsp3) is 0.214. The standard InChI is InChI=1S/C28H26N2O3/c1-19-25(23-9-5-6-10-24(23)29-19)26(31)27(32)30-17-15-28(33,16-18-30)22-13-11-21(12-14-22)20-7-3-2-4-8-20/h2-14,29,33H,15-18H2,1H3. The number of aromatic nitrogens is 1. The largest absolute Gasteiger partial charge is 0.385 e. The molecule has 0 radical (unpaired) electrons. The van der Waals surface area contributed by atoms with Crippen LogP contribution in [0.3, 0.4) is 0 Å². The molecule has 1 saturated heterocycles. The Morgan fingerprint density at radius 2 is 1.45 bits per heavy atom. The molecule has 3 aromatic carbocycles. The Morgan fingerprint density at radius 1 is 0.848 bits per heavy atom. The number of hydrogen-bond donors (Lipinski definition) is 2. The van der Waals surface area contributed by atoms with Crippen LogP contribution in [0.1, 0.15) is 34.5 Å². The maximum absolute atomic E-state index is 13.1. The van der Waals surface area contributed by atoms with Crippen LogP contribution in [0.2, 0.25) is 0 Å². The highest BCUT2D eigenvalue weighted by Crippen LogP contribution is 2.34. The van der Waals surface area contributed by atoms with Gasteiger partial charge in [0.25, 0.3) is 11.7 Å². The molecule has 5 rings (SSSR count). The molecule has 1 fully saturated rings. The van der Waals surface area contributed by atoms with Crippen molar-refractivity contribution in [2.75, 3.05) is 13.1 Å². The zero-order chi connectivity index (χ0) is 23.0. The van der Waals surface area contributed by atoms with E-state index in [0.29, 0.717) is 37.2 Å². The van der Waals surface area contributed by atoms with Crippen molar-refractivity contribution in [1.82, 2.24) is 9.88 Å². The Morgan fingerprint density at radius 3 is 2.15 bits per heavy atom. The van der Waals surface area contributed by atoms with Crippen molar-refractivity contribution in [3.63, 3.8) is 0 Å². The fourth-order valence-electron chi connectivity index (χ4n) is 4.79. The number of fused-ring (bicyclic) bond motifs is 1. The molecule has 1 aliphatic heterocycles. The molecule has 1 aliphatic rings. The van der Waals surface area contributed by atoms with Gasteiger partial charge in [-0.25, -0.2) is 0 Å². The van der Waals surface area contributed by atoms with E-state index < -0.39 is 17.3 Å². The van der Waals surface area contributed by atoms with Crippen molar-refractivity contribution in [3.8, 4) is 11.1 Å². The molecular weight excluding hydrogens is 412 g/mol. The third kappa shape index (κ3) is 3.85. The molecule has 5 heteroatoms. The maximum Gasteiger partial charge on any atom is 0.295 e. The number of H-pyrrole nitrogens is 1. The van der Waals surface area contributed by atoms with Gasteiger partial charge in [0.15, 0.2) is 0 Å². The van der Waals surface area contributed by atoms with Crippen LogP contribution in [0, 0.1) is 6.92 Å². The lowest BCUT2D eigenvalue weighted by Gasteiger charge is -2.38. The van der Waals surface area contributed by atoms with Crippen LogP contribution in [0.4, 0.5) is 0 Å². The molecule has 0 atom stereocenters. The summed E-state index contributed by atoms with van der Waals surface area (Å²) in [6.07, 6.45) is 0.785. The summed E-state index contributed by atoms with van der Waals surface area (Å²) in [6.45, 7) is 2.49. The number of nitrogens with zero attached hydrogens (tertiary/aromatic N) is 1. The SMILES string of the molecule is Cc1[nH]c2ccccc2c1C(=O)C(=O)N1CCC(O)(c2ccc(-c3ccccc3)cc2)CC1. The summed E-state index contributed by atoms with van der Waals surface area (Å²) < 4.78 is 0. The minimum atomic E-state index is -1.01. The molecule has 2 N–H and O–H groups in total. The number of piperidine rings is 1. The Kier molecular flexibility index (Phi) is 5.35. The highest BCUT2D eigenvalue weighted by Gasteiger charge is 2.37. The van der Waals surface area contributed by atoms with Crippen LogP contribution in [-0.4, -0.2) is 39.8 Å². The van der Waals surface area contributed by atoms with E-state index in [1.807, 2.05) is 73.7 Å². The van der Waals surface area contributed by atoms with Gasteiger partial charge in [-0.3, -0.25) is 9.59 Å². The van der Waals surface area contributed by atoms with E-state index in [4.69, 9.17) is 0 Å². The van der Waals surface area contributed by atoms with Crippen molar-refractivity contribution < 1.29 is 14.7 Å². The van der Waals surface area contributed by atoms with Gasteiger partial charge in [-0.15, -0.1) is 0 Å². The normalized spacial score (nSPS) is 15.5. The predicted molar refractivity (Wildman–Crippen MR) is 129 cm³/mol. The molecule has 0 bridgehead atoms. The number of para-hydroxylation sites is 1. The Labute approximate surface area is 192 Å². The van der Waals surface area contributed by atoms with Gasteiger partial charge in [0, 0.05) is 29.7 Å². The summed E-state index contributed by atoms with van der Waals surface area (Å²) in [7, 11) is 0. The zero-order valence-corrected chi connectivity index (χ0v) is 18.5. The smallest absolute Gasteiger partial charge is 0.295 e. The summed E-state index contributed by atoms with van der Waals surface area (Å²) in [4.78, 5) is 30.8. The van der Waals surface area contributed by atoms with Crippen LogP contribution in [0.5, 0.6) is 0 Å². The minimum absolute atomic E-state index is 0.336. The molecule has 0 aliphatic carbocycles. The number of aryl methyl sites for hydroxylation is 1. The van der Waals surface area contributed by atoms with Crippen LogP contribution in [0.25, 0.3) is 22.0 Å². The average molecular weight is 439 g/mol. The van der Waals surface area contributed by atoms with Gasteiger partial charge >= 0.3 is 0 Å². The number of benzene rings is 3. The van der Waals surface area contributed by atoms with E-state index >= 15 is 0 Å². The van der Waals surface area contributed by atoms with Gasteiger partial charge in [0.05, 0.1) is 11.2 Å². The molecule has 0 unspecified atom stereocenters. The van der Waals surface area contributed by atoms with Crippen molar-refractivity contribution in [3.05, 3.63) is 95.7 Å². The lowest BCUT2D eigenvalue weighted by Crippen LogP contribution is -2.47. The van der Waals surface area contributed by atoms with Crippen LogP contribution < -0.4 is 0 Å². The Balaban J connectivity index is 1.29. The number of amides is 1. The highest BCUT2D eigenvalue weighted by molar-refractivity contribution is 6.45. The zero-order valence-electron chi connectivity index (χ0n) is 18.5. The summed E-state index contributed by atoms with van der Waals surface area (Å²) in [6, 6.07) is 25.6. The summed E-state index contributed by atoms with van der Waals surface area (Å²) >= 11 is 0. The number of Topliss-reactive ketones (excluding diaryl/α,β-unsaturated/α-hetero) is 1. The van der Waals surface area contributed by atoms with Crippen LogP contribution in [0.15, 0.2) is 78.9 Å². The topological polar surface area (TPSA) is 73.4 Å². The van der Waals surface area contributed by atoms with Gasteiger partial charge in [0.1, 0.15) is 0 Å². The molecular formula is C28H26N2O3. The van der Waals surface area contributed by atoms with Gasteiger partial charge in [-0.2, -0.15) is 0 Å². The maximum atomic E-state index is 13.1. The minimum Gasteiger partial charge on any atom is -0.385 e. The van der Waals surface area contributed by atoms with E-state index in [9.17, 15) is 14.7 Å². The number of likely N-dealkylation sites (tertiary alicyclic amines) is 1. The van der Waals surface area contributed by atoms with Gasteiger partial charge < -0.3 is 15.0 Å². The van der Waals surface area contributed by atoms with Crippen molar-refractivity contribution in [2.45, 2.75) is 25.4 Å². The second-order valence-electron chi connectivity index (χ2n) is 8.77. The number of nitrogens with one attached hydrogen (secondary N) is 1. The lowest BCUT2D eigenvalue weighted by molar-refractivity contribution is -0.130. The fourth-order valence-corrected chi connectivity index (χ4v) is 4.79. The van der Waals surface area contributed by atoms with Gasteiger partial charge in [-0.1, -0.05) is 72.8 Å². The summed E-state index contributed by atoms with van der Waals surface area (Å²) in [5.74, 6) is -1.01. The number of carbonyl (C=O) groups is 2. The molecule has 166 valence electrons. The first-order valence-corrected chi connectivity index (χ1v) is 11.3. The quantitative estimate of drug-likeness (QED) is 0.354. The second kappa shape index (κ2) is 8.34. The average Bonchev–Trinajstić information content (AvgIpc) is 3.20. The van der Waals surface area contributed by atoms with Crippen LogP contribution >= 0.6 is 0 Å². The van der Waals surface area contributed by atoms with Crippen LogP contribution in [-0.2, 0) is 10.4 Å². The summed E-state index contributed by atoms with van der Waals surface area (Å²) in [5, 5.41) is 12.0. The van der Waals surface area contributed by atoms with E-state index in [-0.39, 0.29) is 0 Å². The van der Waals surface area contributed by atoms with Crippen molar-refractivity contribution in [1.29, 1.82) is 0 Å². The van der Waals surface area contributed by atoms with E-state index in [1.165, 1.54) is 0 Å². The first-order valence-electron chi connectivity index (χ1n) is 11.3. The van der Waals surface area contributed by atoms with E-state index in [2.05, 4.69) is 17.1 Å². The molecule has 5 nitrogen and oxygen atoms in total.